The lowest BCUT2D eigenvalue weighted by molar-refractivity contribution is -0.422. The van der Waals surface area contributed by atoms with Crippen LogP contribution < -0.4 is 5.32 Å². The van der Waals surface area contributed by atoms with E-state index in [9.17, 15) is 14.9 Å². The molecule has 0 radical (unpaired) electrons. The Labute approximate surface area is 123 Å². The maximum Gasteiger partial charge on any atom is 0.412 e. The van der Waals surface area contributed by atoms with Crippen molar-refractivity contribution in [3.05, 3.63) is 20.8 Å². The van der Waals surface area contributed by atoms with Gasteiger partial charge < -0.3 is 10.1 Å². The Kier molecular flexibility index (Phi) is 8.10. The number of carbonyl (C=O) groups excluding carboxylic acids is 1. The molecular formula is C13H22N2O4S. The molecule has 0 atom stereocenters. The van der Waals surface area contributed by atoms with E-state index in [2.05, 4.69) is 12.2 Å². The van der Waals surface area contributed by atoms with E-state index in [1.807, 2.05) is 0 Å². The van der Waals surface area contributed by atoms with Crippen LogP contribution in [-0.2, 0) is 9.53 Å². The lowest BCUT2D eigenvalue weighted by Gasteiger charge is -2.15. The molecule has 1 rings (SSSR count). The SMILES string of the molecule is CCCCCCCOC(=O)/C(=C1\NCCCS1)[N+](=O)[O-]. The minimum absolute atomic E-state index is 0.248. The van der Waals surface area contributed by atoms with Gasteiger partial charge in [0.15, 0.2) is 5.03 Å². The van der Waals surface area contributed by atoms with E-state index in [1.54, 1.807) is 0 Å². The molecule has 0 unspecified atom stereocenters. The Hall–Kier alpha value is -1.24. The first-order valence-corrected chi connectivity index (χ1v) is 8.07. The minimum atomic E-state index is -0.831. The van der Waals surface area contributed by atoms with E-state index in [-0.39, 0.29) is 6.61 Å². The van der Waals surface area contributed by atoms with Gasteiger partial charge in [-0.05, 0) is 12.8 Å². The zero-order chi connectivity index (χ0) is 14.8. The fourth-order valence-electron chi connectivity index (χ4n) is 1.84. The average molecular weight is 302 g/mol. The molecule has 0 bridgehead atoms. The molecule has 1 fully saturated rings. The van der Waals surface area contributed by atoms with Gasteiger partial charge in [0.2, 0.25) is 0 Å². The van der Waals surface area contributed by atoms with Gasteiger partial charge in [0.05, 0.1) is 11.5 Å². The lowest BCUT2D eigenvalue weighted by atomic mass is 10.2. The maximum atomic E-state index is 11.8. The van der Waals surface area contributed by atoms with Gasteiger partial charge in [-0.2, -0.15) is 0 Å². The molecule has 1 aliphatic rings. The average Bonchev–Trinajstić information content (AvgIpc) is 2.43. The Morgan fingerprint density at radius 2 is 2.15 bits per heavy atom. The summed E-state index contributed by atoms with van der Waals surface area (Å²) in [6.45, 7) is 3.03. The number of hydrogen-bond donors (Lipinski definition) is 1. The molecule has 0 aromatic heterocycles. The van der Waals surface area contributed by atoms with E-state index in [4.69, 9.17) is 4.74 Å². The zero-order valence-electron chi connectivity index (χ0n) is 11.9. The van der Waals surface area contributed by atoms with E-state index < -0.39 is 16.6 Å². The van der Waals surface area contributed by atoms with Gasteiger partial charge in [-0.1, -0.05) is 32.6 Å². The molecule has 0 aromatic carbocycles. The minimum Gasteiger partial charge on any atom is -0.457 e. The highest BCUT2D eigenvalue weighted by molar-refractivity contribution is 8.03. The van der Waals surface area contributed by atoms with E-state index in [0.29, 0.717) is 11.6 Å². The van der Waals surface area contributed by atoms with Gasteiger partial charge in [-0.25, -0.2) is 4.79 Å². The third-order valence-corrected chi connectivity index (χ3v) is 4.04. The predicted molar refractivity (Wildman–Crippen MR) is 78.8 cm³/mol. The number of nitro groups is 1. The number of rotatable bonds is 8. The highest BCUT2D eigenvalue weighted by Crippen LogP contribution is 2.23. The topological polar surface area (TPSA) is 81.5 Å². The molecule has 0 aromatic rings. The van der Waals surface area contributed by atoms with Crippen LogP contribution in [-0.4, -0.2) is 29.8 Å². The molecule has 1 saturated heterocycles. The van der Waals surface area contributed by atoms with Crippen molar-refractivity contribution in [1.29, 1.82) is 0 Å². The molecule has 20 heavy (non-hydrogen) atoms. The molecular weight excluding hydrogens is 280 g/mol. The van der Waals surface area contributed by atoms with Crippen molar-refractivity contribution in [3.8, 4) is 0 Å². The summed E-state index contributed by atoms with van der Waals surface area (Å²) in [5.74, 6) is -0.0494. The summed E-state index contributed by atoms with van der Waals surface area (Å²) in [5.41, 5.74) is -0.455. The Morgan fingerprint density at radius 3 is 2.75 bits per heavy atom. The predicted octanol–water partition coefficient (Wildman–Crippen LogP) is 2.67. The second-order valence-corrected chi connectivity index (χ2v) is 5.72. The van der Waals surface area contributed by atoms with Crippen molar-refractivity contribution in [2.24, 2.45) is 0 Å². The van der Waals surface area contributed by atoms with Crippen LogP contribution in [0.5, 0.6) is 0 Å². The summed E-state index contributed by atoms with van der Waals surface area (Å²) in [4.78, 5) is 22.2. The normalized spacial score (nSPS) is 17.2. The lowest BCUT2D eigenvalue weighted by Crippen LogP contribution is -2.26. The molecule has 0 amide bonds. The summed E-state index contributed by atoms with van der Waals surface area (Å²) in [6, 6.07) is 0. The molecule has 114 valence electrons. The number of unbranched alkanes of at least 4 members (excludes halogenated alkanes) is 4. The fraction of sp³-hybridized carbons (Fsp3) is 0.769. The van der Waals surface area contributed by atoms with Gasteiger partial charge in [0, 0.05) is 12.3 Å². The largest absolute Gasteiger partial charge is 0.457 e. The standard InChI is InChI=1S/C13H22N2O4S/c1-2-3-4-5-6-9-19-13(16)11(15(17)18)12-14-8-7-10-20-12/h14H,2-10H2,1H3/b12-11-. The third kappa shape index (κ3) is 5.81. The van der Waals surface area contributed by atoms with Crippen molar-refractivity contribution >= 4 is 17.7 Å². The maximum absolute atomic E-state index is 11.8. The quantitative estimate of drug-likeness (QED) is 0.244. The van der Waals surface area contributed by atoms with E-state index in [0.717, 1.165) is 37.9 Å². The number of esters is 1. The molecule has 1 N–H and O–H groups in total. The summed E-state index contributed by atoms with van der Waals surface area (Å²) < 4.78 is 5.01. The molecule has 0 spiro atoms. The van der Waals surface area contributed by atoms with Gasteiger partial charge in [0.25, 0.3) is 0 Å². The number of thioether (sulfide) groups is 1. The number of hydrogen-bond acceptors (Lipinski definition) is 6. The first-order valence-electron chi connectivity index (χ1n) is 7.09. The van der Waals surface area contributed by atoms with Crippen LogP contribution >= 0.6 is 11.8 Å². The van der Waals surface area contributed by atoms with Crippen molar-refractivity contribution in [3.63, 3.8) is 0 Å². The summed E-state index contributed by atoms with van der Waals surface area (Å²) in [5, 5.41) is 14.2. The van der Waals surface area contributed by atoms with E-state index in [1.165, 1.54) is 18.2 Å². The molecule has 0 saturated carbocycles. The van der Waals surface area contributed by atoms with Gasteiger partial charge in [-0.15, -0.1) is 11.8 Å². The van der Waals surface area contributed by atoms with Crippen LogP contribution in [0.3, 0.4) is 0 Å². The smallest absolute Gasteiger partial charge is 0.412 e. The van der Waals surface area contributed by atoms with Gasteiger partial charge in [-0.3, -0.25) is 10.1 Å². The number of ether oxygens (including phenoxy) is 1. The molecule has 7 heteroatoms. The monoisotopic (exact) mass is 302 g/mol. The Morgan fingerprint density at radius 1 is 1.40 bits per heavy atom. The van der Waals surface area contributed by atoms with Crippen molar-refractivity contribution in [1.82, 2.24) is 5.32 Å². The highest BCUT2D eigenvalue weighted by atomic mass is 32.2. The Bertz CT molecular complexity index is 363. The first-order chi connectivity index (χ1) is 9.66. The van der Waals surface area contributed by atoms with Crippen LogP contribution in [0.1, 0.15) is 45.4 Å². The Balaban J connectivity index is 2.43. The number of nitrogens with zero attached hydrogens (tertiary/aromatic N) is 1. The second kappa shape index (κ2) is 9.63. The van der Waals surface area contributed by atoms with Gasteiger partial charge in [0.1, 0.15) is 0 Å². The number of nitrogens with one attached hydrogen (secondary N) is 1. The fourth-order valence-corrected chi connectivity index (χ4v) is 2.83. The van der Waals surface area contributed by atoms with Crippen LogP contribution in [0, 0.1) is 10.1 Å². The van der Waals surface area contributed by atoms with Crippen molar-refractivity contribution in [2.75, 3.05) is 18.9 Å². The van der Waals surface area contributed by atoms with E-state index >= 15 is 0 Å². The highest BCUT2D eigenvalue weighted by Gasteiger charge is 2.30. The summed E-state index contributed by atoms with van der Waals surface area (Å²) in [6.07, 6.45) is 6.10. The molecule has 6 nitrogen and oxygen atoms in total. The van der Waals surface area contributed by atoms with Crippen LogP contribution in [0.25, 0.3) is 0 Å². The second-order valence-electron chi connectivity index (χ2n) is 4.61. The van der Waals surface area contributed by atoms with Gasteiger partial charge >= 0.3 is 11.7 Å². The first kappa shape index (κ1) is 16.8. The van der Waals surface area contributed by atoms with Crippen LogP contribution in [0.2, 0.25) is 0 Å². The van der Waals surface area contributed by atoms with Crippen molar-refractivity contribution in [2.45, 2.75) is 45.4 Å². The summed E-state index contributed by atoms with van der Waals surface area (Å²) >= 11 is 1.30. The molecule has 0 aliphatic carbocycles. The molecule has 1 heterocycles. The number of carbonyl (C=O) groups is 1. The zero-order valence-corrected chi connectivity index (χ0v) is 12.7. The van der Waals surface area contributed by atoms with Crippen LogP contribution in [0.15, 0.2) is 10.7 Å². The molecule has 1 aliphatic heterocycles. The van der Waals surface area contributed by atoms with Crippen LogP contribution in [0.4, 0.5) is 0 Å². The van der Waals surface area contributed by atoms with Crippen molar-refractivity contribution < 1.29 is 14.5 Å². The third-order valence-electron chi connectivity index (χ3n) is 2.93. The summed E-state index contributed by atoms with van der Waals surface area (Å²) in [7, 11) is 0.